The molecule has 0 heterocycles. The Balaban J connectivity index is 5.12. The molecule has 0 bridgehead atoms. The topological polar surface area (TPSA) is 202 Å². The lowest BCUT2D eigenvalue weighted by Crippen LogP contribution is -2.56. The third kappa shape index (κ3) is 8.42. The van der Waals surface area contributed by atoms with Crippen LogP contribution in [0.1, 0.15) is 39.5 Å². The highest BCUT2D eigenvalue weighted by molar-refractivity contribution is 5.93. The van der Waals surface area contributed by atoms with Gasteiger partial charge in [0, 0.05) is 6.42 Å². The second-order valence-electron chi connectivity index (χ2n) is 5.98. The van der Waals surface area contributed by atoms with Gasteiger partial charge in [-0.25, -0.2) is 4.79 Å². The smallest absolute Gasteiger partial charge is 0.326 e. The molecule has 0 radical (unpaired) electrons. The SMILES string of the molecule is CCC(C)C(NC(=O)C(N)CC(=O)O)C(=O)NC(CCC(N)=O)C(=O)O. The number of hydrogen-bond donors (Lipinski definition) is 6. The number of carbonyl (C=O) groups excluding carboxylic acids is 3. The summed E-state index contributed by atoms with van der Waals surface area (Å²) in [6.07, 6.45) is -0.570. The normalized spacial score (nSPS) is 15.2. The van der Waals surface area contributed by atoms with E-state index in [1.807, 2.05) is 0 Å². The van der Waals surface area contributed by atoms with Crippen LogP contribution >= 0.6 is 0 Å². The molecule has 3 amide bonds. The van der Waals surface area contributed by atoms with Crippen LogP contribution in [0.2, 0.25) is 0 Å². The zero-order valence-electron chi connectivity index (χ0n) is 14.7. The predicted octanol–water partition coefficient (Wildman–Crippen LogP) is -1.85. The molecule has 0 spiro atoms. The number of carboxylic acids is 2. The summed E-state index contributed by atoms with van der Waals surface area (Å²) in [4.78, 5) is 57.1. The summed E-state index contributed by atoms with van der Waals surface area (Å²) in [5, 5.41) is 22.4. The van der Waals surface area contributed by atoms with E-state index in [1.165, 1.54) is 0 Å². The van der Waals surface area contributed by atoms with Crippen molar-refractivity contribution in [2.45, 2.75) is 57.7 Å². The predicted molar refractivity (Wildman–Crippen MR) is 89.6 cm³/mol. The quantitative estimate of drug-likeness (QED) is 0.228. The Labute approximate surface area is 150 Å². The zero-order chi connectivity index (χ0) is 20.4. The molecular formula is C15H26N4O7. The lowest BCUT2D eigenvalue weighted by molar-refractivity contribution is -0.143. The summed E-state index contributed by atoms with van der Waals surface area (Å²) >= 11 is 0. The van der Waals surface area contributed by atoms with Gasteiger partial charge in [-0.1, -0.05) is 20.3 Å². The van der Waals surface area contributed by atoms with Gasteiger partial charge in [-0.3, -0.25) is 19.2 Å². The summed E-state index contributed by atoms with van der Waals surface area (Å²) in [6.45, 7) is 3.42. The Hall–Kier alpha value is -2.69. The summed E-state index contributed by atoms with van der Waals surface area (Å²) < 4.78 is 0. The molecule has 0 fully saturated rings. The highest BCUT2D eigenvalue weighted by Gasteiger charge is 2.31. The highest BCUT2D eigenvalue weighted by Crippen LogP contribution is 2.10. The number of nitrogens with one attached hydrogen (secondary N) is 2. The third-order valence-electron chi connectivity index (χ3n) is 3.82. The van der Waals surface area contributed by atoms with E-state index in [4.69, 9.17) is 21.7 Å². The summed E-state index contributed by atoms with van der Waals surface area (Å²) in [7, 11) is 0. The number of primary amides is 1. The number of carboxylic acid groups (broad SMARTS) is 2. The molecule has 0 aromatic carbocycles. The van der Waals surface area contributed by atoms with Crippen molar-refractivity contribution >= 4 is 29.7 Å². The van der Waals surface area contributed by atoms with Gasteiger partial charge >= 0.3 is 11.9 Å². The largest absolute Gasteiger partial charge is 0.481 e. The van der Waals surface area contributed by atoms with Crippen molar-refractivity contribution in [1.29, 1.82) is 0 Å². The van der Waals surface area contributed by atoms with E-state index >= 15 is 0 Å². The average Bonchev–Trinajstić information content (AvgIpc) is 2.53. The standard InChI is InChI=1S/C15H26N4O7/c1-3-7(2)12(19-13(23)8(16)6-11(21)22)14(24)18-9(15(25)26)4-5-10(17)20/h7-9,12H,3-6,16H2,1-2H3,(H2,17,20)(H,18,24)(H,19,23)(H,21,22)(H,25,26). The van der Waals surface area contributed by atoms with Crippen LogP contribution in [-0.4, -0.2) is 58.0 Å². The molecule has 4 unspecified atom stereocenters. The van der Waals surface area contributed by atoms with Gasteiger partial charge in [0.05, 0.1) is 12.5 Å². The van der Waals surface area contributed by atoms with Crippen LogP contribution in [0.15, 0.2) is 0 Å². The maximum absolute atomic E-state index is 12.4. The minimum atomic E-state index is -1.36. The van der Waals surface area contributed by atoms with Gasteiger partial charge < -0.3 is 32.3 Å². The first-order valence-corrected chi connectivity index (χ1v) is 8.08. The van der Waals surface area contributed by atoms with E-state index < -0.39 is 54.2 Å². The van der Waals surface area contributed by atoms with Crippen molar-refractivity contribution < 1.29 is 34.2 Å². The maximum atomic E-state index is 12.4. The summed E-state index contributed by atoms with van der Waals surface area (Å²) in [5.74, 6) is -5.31. The van der Waals surface area contributed by atoms with Gasteiger partial charge in [-0.2, -0.15) is 0 Å². The molecule has 11 heteroatoms. The van der Waals surface area contributed by atoms with E-state index in [2.05, 4.69) is 10.6 Å². The van der Waals surface area contributed by atoms with Gasteiger partial charge in [-0.15, -0.1) is 0 Å². The van der Waals surface area contributed by atoms with Crippen LogP contribution in [0.3, 0.4) is 0 Å². The van der Waals surface area contributed by atoms with Crippen LogP contribution in [-0.2, 0) is 24.0 Å². The van der Waals surface area contributed by atoms with Crippen molar-refractivity contribution in [1.82, 2.24) is 10.6 Å². The molecular weight excluding hydrogens is 348 g/mol. The Kier molecular flexibility index (Phi) is 9.89. The Morgan fingerprint density at radius 3 is 2.04 bits per heavy atom. The van der Waals surface area contributed by atoms with Crippen LogP contribution < -0.4 is 22.1 Å². The lowest BCUT2D eigenvalue weighted by atomic mass is 9.97. The number of rotatable bonds is 12. The fourth-order valence-electron chi connectivity index (χ4n) is 2.05. The Morgan fingerprint density at radius 2 is 1.62 bits per heavy atom. The second-order valence-corrected chi connectivity index (χ2v) is 5.98. The minimum Gasteiger partial charge on any atom is -0.481 e. The van der Waals surface area contributed by atoms with E-state index in [-0.39, 0.29) is 18.8 Å². The second kappa shape index (κ2) is 11.0. The van der Waals surface area contributed by atoms with E-state index in [1.54, 1.807) is 13.8 Å². The van der Waals surface area contributed by atoms with Crippen molar-refractivity contribution in [2.24, 2.45) is 17.4 Å². The van der Waals surface area contributed by atoms with Crippen molar-refractivity contribution in [3.8, 4) is 0 Å². The number of aliphatic carboxylic acids is 2. The van der Waals surface area contributed by atoms with Crippen molar-refractivity contribution in [3.63, 3.8) is 0 Å². The number of hydrogen-bond acceptors (Lipinski definition) is 6. The molecule has 26 heavy (non-hydrogen) atoms. The molecule has 0 aliphatic rings. The molecule has 0 rings (SSSR count). The number of amides is 3. The number of carbonyl (C=O) groups is 5. The van der Waals surface area contributed by atoms with E-state index in [0.717, 1.165) is 0 Å². The van der Waals surface area contributed by atoms with Gasteiger partial charge in [0.25, 0.3) is 0 Å². The monoisotopic (exact) mass is 374 g/mol. The van der Waals surface area contributed by atoms with Crippen LogP contribution in [0, 0.1) is 5.92 Å². The fourth-order valence-corrected chi connectivity index (χ4v) is 2.05. The fraction of sp³-hybridized carbons (Fsp3) is 0.667. The van der Waals surface area contributed by atoms with Gasteiger partial charge in [-0.05, 0) is 12.3 Å². The highest BCUT2D eigenvalue weighted by atomic mass is 16.4. The lowest BCUT2D eigenvalue weighted by Gasteiger charge is -2.26. The Bertz CT molecular complexity index is 552. The molecule has 0 aromatic rings. The van der Waals surface area contributed by atoms with Crippen LogP contribution in [0.5, 0.6) is 0 Å². The first-order valence-electron chi connectivity index (χ1n) is 8.08. The summed E-state index contributed by atoms with van der Waals surface area (Å²) in [5.41, 5.74) is 10.4. The molecule has 0 saturated carbocycles. The minimum absolute atomic E-state index is 0.198. The molecule has 148 valence electrons. The molecule has 0 aliphatic heterocycles. The molecule has 11 nitrogen and oxygen atoms in total. The van der Waals surface area contributed by atoms with Crippen LogP contribution in [0.4, 0.5) is 0 Å². The summed E-state index contributed by atoms with van der Waals surface area (Å²) in [6, 6.07) is -3.81. The first-order chi connectivity index (χ1) is 12.0. The Morgan fingerprint density at radius 1 is 1.04 bits per heavy atom. The van der Waals surface area contributed by atoms with Gasteiger partial charge in [0.15, 0.2) is 0 Å². The molecule has 4 atom stereocenters. The maximum Gasteiger partial charge on any atom is 0.326 e. The molecule has 0 saturated heterocycles. The molecule has 0 aromatic heterocycles. The molecule has 8 N–H and O–H groups in total. The van der Waals surface area contributed by atoms with E-state index in [0.29, 0.717) is 6.42 Å². The van der Waals surface area contributed by atoms with Crippen molar-refractivity contribution in [2.75, 3.05) is 0 Å². The molecule has 0 aliphatic carbocycles. The first kappa shape index (κ1) is 23.3. The van der Waals surface area contributed by atoms with Crippen LogP contribution in [0.25, 0.3) is 0 Å². The third-order valence-corrected chi connectivity index (χ3v) is 3.82. The van der Waals surface area contributed by atoms with Gasteiger partial charge in [0.1, 0.15) is 12.1 Å². The van der Waals surface area contributed by atoms with Crippen molar-refractivity contribution in [3.05, 3.63) is 0 Å². The van der Waals surface area contributed by atoms with Gasteiger partial charge in [0.2, 0.25) is 17.7 Å². The number of nitrogens with two attached hydrogens (primary N) is 2. The zero-order valence-corrected chi connectivity index (χ0v) is 14.7. The van der Waals surface area contributed by atoms with E-state index in [9.17, 15) is 24.0 Å². The average molecular weight is 374 g/mol.